The van der Waals surface area contributed by atoms with E-state index in [0.29, 0.717) is 9.92 Å². The zero-order valence-electron chi connectivity index (χ0n) is 9.20. The molecule has 0 aliphatic carbocycles. The number of aryl methyl sites for hydroxylation is 1. The Morgan fingerprint density at radius 3 is 2.35 bits per heavy atom. The summed E-state index contributed by atoms with van der Waals surface area (Å²) in [5, 5.41) is 0.480. The van der Waals surface area contributed by atoms with Gasteiger partial charge in [-0.15, -0.1) is 0 Å². The normalized spacial score (nSPS) is 11.4. The predicted molar refractivity (Wildman–Crippen MR) is 68.5 cm³/mol. The van der Waals surface area contributed by atoms with Gasteiger partial charge in [-0.3, -0.25) is 0 Å². The van der Waals surface area contributed by atoms with Crippen molar-refractivity contribution in [2.45, 2.75) is 16.8 Å². The molecular formula is C12H11NO2S2. The largest absolute Gasteiger partial charge is 0.249 e. The molecule has 2 rings (SSSR count). The molecule has 0 atom stereocenters. The van der Waals surface area contributed by atoms with Crippen molar-refractivity contribution < 1.29 is 8.42 Å². The van der Waals surface area contributed by atoms with Crippen LogP contribution >= 0.6 is 10.8 Å². The molecule has 0 radical (unpaired) electrons. The third-order valence-electron chi connectivity index (χ3n) is 2.14. The lowest BCUT2D eigenvalue weighted by molar-refractivity contribution is 0.610. The van der Waals surface area contributed by atoms with Gasteiger partial charge in [0, 0.05) is 17.0 Å². The van der Waals surface area contributed by atoms with Crippen molar-refractivity contribution >= 4 is 19.7 Å². The zero-order valence-corrected chi connectivity index (χ0v) is 10.8. The second kappa shape index (κ2) is 4.89. The summed E-state index contributed by atoms with van der Waals surface area (Å²) in [6.07, 6.45) is 1.58. The molecule has 0 fully saturated rings. The molecule has 1 aromatic heterocycles. The Bertz CT molecular complexity index is 592. The molecule has 2 aromatic rings. The quantitative estimate of drug-likeness (QED) is 0.801. The van der Waals surface area contributed by atoms with Gasteiger partial charge >= 0.3 is 0 Å². The van der Waals surface area contributed by atoms with Crippen molar-refractivity contribution in [3.8, 4) is 0 Å². The Morgan fingerprint density at radius 2 is 1.76 bits per heavy atom. The summed E-state index contributed by atoms with van der Waals surface area (Å²) in [6, 6.07) is 12.0. The van der Waals surface area contributed by atoms with Crippen molar-refractivity contribution in [1.29, 1.82) is 0 Å². The third-order valence-corrected chi connectivity index (χ3v) is 5.37. The molecule has 0 saturated heterocycles. The van der Waals surface area contributed by atoms with Gasteiger partial charge in [-0.1, -0.05) is 23.8 Å². The van der Waals surface area contributed by atoms with E-state index in [1.165, 1.54) is 0 Å². The van der Waals surface area contributed by atoms with Gasteiger partial charge in [-0.05, 0) is 31.2 Å². The molecule has 0 aliphatic heterocycles. The predicted octanol–water partition coefficient (Wildman–Crippen LogP) is 2.87. The Labute approximate surface area is 104 Å². The Balaban J connectivity index is 2.29. The fourth-order valence-corrected chi connectivity index (χ4v) is 3.88. The number of hydrogen-bond donors (Lipinski definition) is 0. The summed E-state index contributed by atoms with van der Waals surface area (Å²) in [5.41, 5.74) is 1.03. The van der Waals surface area contributed by atoms with E-state index in [1.807, 2.05) is 6.92 Å². The van der Waals surface area contributed by atoms with Crippen LogP contribution in [-0.2, 0) is 8.87 Å². The minimum absolute atomic E-state index is 0.304. The number of pyridine rings is 1. The highest BCUT2D eigenvalue weighted by atomic mass is 33.1. The lowest BCUT2D eigenvalue weighted by Gasteiger charge is -2.03. The highest BCUT2D eigenvalue weighted by Crippen LogP contribution is 2.29. The first-order valence-electron chi connectivity index (χ1n) is 5.00. The maximum atomic E-state index is 12.0. The standard InChI is InChI=1S/C12H11NO2S2/c1-10-5-7-11(8-6-10)17(14,15)16-12-4-2-3-9-13-12/h2-9H,1H3. The molecule has 88 valence electrons. The summed E-state index contributed by atoms with van der Waals surface area (Å²) in [6.45, 7) is 1.92. The van der Waals surface area contributed by atoms with Gasteiger partial charge < -0.3 is 0 Å². The summed E-state index contributed by atoms with van der Waals surface area (Å²) in [4.78, 5) is 4.30. The smallest absolute Gasteiger partial charge is 0.236 e. The first-order valence-corrected chi connectivity index (χ1v) is 7.82. The number of hydrogen-bond acceptors (Lipinski definition) is 4. The van der Waals surface area contributed by atoms with Gasteiger partial charge in [0.1, 0.15) is 5.03 Å². The van der Waals surface area contributed by atoms with Gasteiger partial charge in [0.2, 0.25) is 8.87 Å². The summed E-state index contributed by atoms with van der Waals surface area (Å²) < 4.78 is 24.1. The number of aromatic nitrogens is 1. The van der Waals surface area contributed by atoms with Crippen molar-refractivity contribution in [2.75, 3.05) is 0 Å². The average Bonchev–Trinajstić information content (AvgIpc) is 2.30. The van der Waals surface area contributed by atoms with Gasteiger partial charge in [0.15, 0.2) is 0 Å². The topological polar surface area (TPSA) is 47.0 Å². The maximum absolute atomic E-state index is 12.0. The second-order valence-electron chi connectivity index (χ2n) is 3.52. The van der Waals surface area contributed by atoms with Crippen LogP contribution < -0.4 is 0 Å². The molecule has 0 amide bonds. The molecule has 0 bridgehead atoms. The molecule has 0 N–H and O–H groups in total. The lowest BCUT2D eigenvalue weighted by atomic mass is 10.2. The van der Waals surface area contributed by atoms with Crippen molar-refractivity contribution in [3.63, 3.8) is 0 Å². The van der Waals surface area contributed by atoms with Crippen LogP contribution in [0.15, 0.2) is 58.6 Å². The first kappa shape index (κ1) is 12.1. The highest BCUT2D eigenvalue weighted by Gasteiger charge is 2.16. The minimum Gasteiger partial charge on any atom is -0.249 e. The molecule has 1 heterocycles. The lowest BCUT2D eigenvalue weighted by Crippen LogP contribution is -1.95. The van der Waals surface area contributed by atoms with Crippen LogP contribution in [-0.4, -0.2) is 13.4 Å². The van der Waals surface area contributed by atoms with E-state index in [0.717, 1.165) is 16.4 Å². The SMILES string of the molecule is Cc1ccc(S(=O)(=O)Sc2ccccn2)cc1. The van der Waals surface area contributed by atoms with E-state index in [4.69, 9.17) is 0 Å². The Morgan fingerprint density at radius 1 is 1.06 bits per heavy atom. The molecule has 0 spiro atoms. The second-order valence-corrected chi connectivity index (χ2v) is 7.30. The molecule has 5 heteroatoms. The van der Waals surface area contributed by atoms with Gasteiger partial charge in [0.25, 0.3) is 0 Å². The van der Waals surface area contributed by atoms with Gasteiger partial charge in [-0.2, -0.15) is 0 Å². The van der Waals surface area contributed by atoms with Crippen LogP contribution in [0, 0.1) is 6.92 Å². The van der Waals surface area contributed by atoms with Crippen LogP contribution in [0.3, 0.4) is 0 Å². The van der Waals surface area contributed by atoms with Crippen molar-refractivity contribution in [1.82, 2.24) is 4.98 Å². The molecule has 0 unspecified atom stereocenters. The molecule has 0 saturated carbocycles. The minimum atomic E-state index is -3.38. The summed E-state index contributed by atoms with van der Waals surface area (Å²) >= 11 is 0. The van der Waals surface area contributed by atoms with E-state index in [-0.39, 0.29) is 0 Å². The maximum Gasteiger partial charge on any atom is 0.236 e. The number of nitrogens with zero attached hydrogens (tertiary/aromatic N) is 1. The molecule has 3 nitrogen and oxygen atoms in total. The number of benzene rings is 1. The molecular weight excluding hydrogens is 254 g/mol. The van der Waals surface area contributed by atoms with Gasteiger partial charge in [0.05, 0.1) is 4.90 Å². The van der Waals surface area contributed by atoms with Crippen LogP contribution in [0.5, 0.6) is 0 Å². The molecule has 0 aliphatic rings. The van der Waals surface area contributed by atoms with E-state index < -0.39 is 8.87 Å². The van der Waals surface area contributed by atoms with E-state index >= 15 is 0 Å². The van der Waals surface area contributed by atoms with E-state index in [2.05, 4.69) is 4.98 Å². The fraction of sp³-hybridized carbons (Fsp3) is 0.0833. The fourth-order valence-electron chi connectivity index (χ4n) is 1.26. The summed E-state index contributed by atoms with van der Waals surface area (Å²) in [5.74, 6) is 0. The molecule has 1 aromatic carbocycles. The van der Waals surface area contributed by atoms with Crippen molar-refractivity contribution in [2.24, 2.45) is 0 Å². The summed E-state index contributed by atoms with van der Waals surface area (Å²) in [7, 11) is -2.61. The highest BCUT2D eigenvalue weighted by molar-refractivity contribution is 8.72. The Hall–Kier alpha value is -1.33. The zero-order chi connectivity index (χ0) is 12.3. The van der Waals surface area contributed by atoms with E-state index in [9.17, 15) is 8.42 Å². The third kappa shape index (κ3) is 3.08. The first-order chi connectivity index (χ1) is 8.08. The van der Waals surface area contributed by atoms with Gasteiger partial charge in [-0.25, -0.2) is 13.4 Å². The average molecular weight is 265 g/mol. The Kier molecular flexibility index (Phi) is 3.49. The van der Waals surface area contributed by atoms with Crippen LogP contribution in [0.1, 0.15) is 5.56 Å². The monoisotopic (exact) mass is 265 g/mol. The number of rotatable bonds is 3. The van der Waals surface area contributed by atoms with E-state index in [1.54, 1.807) is 48.7 Å². The van der Waals surface area contributed by atoms with Crippen molar-refractivity contribution in [3.05, 3.63) is 54.2 Å². The molecule has 17 heavy (non-hydrogen) atoms. The van der Waals surface area contributed by atoms with Crippen LogP contribution in [0.4, 0.5) is 0 Å². The van der Waals surface area contributed by atoms with Crippen LogP contribution in [0.25, 0.3) is 0 Å². The van der Waals surface area contributed by atoms with Crippen LogP contribution in [0.2, 0.25) is 0 Å².